The van der Waals surface area contributed by atoms with Gasteiger partial charge >= 0.3 is 0 Å². The van der Waals surface area contributed by atoms with Gasteiger partial charge < -0.3 is 15.4 Å². The number of aromatic nitrogens is 3. The van der Waals surface area contributed by atoms with Crippen LogP contribution in [0.15, 0.2) is 29.4 Å². The van der Waals surface area contributed by atoms with Crippen molar-refractivity contribution in [3.8, 4) is 0 Å². The topological polar surface area (TPSA) is 98.9 Å². The zero-order valence-corrected chi connectivity index (χ0v) is 20.1. The van der Waals surface area contributed by atoms with Gasteiger partial charge in [-0.3, -0.25) is 14.9 Å². The quantitative estimate of drug-likeness (QED) is 0.689. The highest BCUT2D eigenvalue weighted by atomic mass is 35.5. The minimum absolute atomic E-state index is 0.110. The van der Waals surface area contributed by atoms with Gasteiger partial charge in [0, 0.05) is 56.4 Å². The summed E-state index contributed by atoms with van der Waals surface area (Å²) in [5, 5.41) is 15.4. The summed E-state index contributed by atoms with van der Waals surface area (Å²) in [5.41, 5.74) is 6.91. The molecule has 9 nitrogen and oxygen atoms in total. The van der Waals surface area contributed by atoms with Gasteiger partial charge in [-0.2, -0.15) is 5.10 Å². The van der Waals surface area contributed by atoms with Crippen LogP contribution in [0.2, 0.25) is 5.02 Å². The van der Waals surface area contributed by atoms with E-state index in [1.807, 2.05) is 18.3 Å². The van der Waals surface area contributed by atoms with Gasteiger partial charge in [-0.1, -0.05) is 23.7 Å². The summed E-state index contributed by atoms with van der Waals surface area (Å²) >= 11 is 6.12. The molecule has 3 atom stereocenters. The number of halogens is 1. The Labute approximate surface area is 199 Å². The molecule has 3 aliphatic rings. The Kier molecular flexibility index (Phi) is 6.20. The number of likely N-dealkylation sites (N-methyl/N-ethyl adjacent to an activating group) is 1. The van der Waals surface area contributed by atoms with Gasteiger partial charge in [-0.25, -0.2) is 0 Å². The number of morpholine rings is 1. The van der Waals surface area contributed by atoms with Crippen LogP contribution in [0.1, 0.15) is 31.7 Å². The van der Waals surface area contributed by atoms with E-state index < -0.39 is 0 Å². The number of anilines is 2. The van der Waals surface area contributed by atoms with Crippen LogP contribution < -0.4 is 10.6 Å². The molecule has 0 aliphatic carbocycles. The predicted octanol–water partition coefficient (Wildman–Crippen LogP) is 2.40. The minimum Gasteiger partial charge on any atom is -0.373 e. The molecule has 10 heteroatoms. The normalized spacial score (nSPS) is 29.2. The smallest absolute Gasteiger partial charge is 0.226 e. The summed E-state index contributed by atoms with van der Waals surface area (Å²) in [6.45, 7) is 5.74. The fourth-order valence-electron chi connectivity index (χ4n) is 5.38. The van der Waals surface area contributed by atoms with E-state index in [9.17, 15) is 0 Å². The Morgan fingerprint density at radius 2 is 1.97 bits per heavy atom. The Morgan fingerprint density at radius 1 is 1.21 bits per heavy atom. The van der Waals surface area contributed by atoms with Crippen LogP contribution in [-0.4, -0.2) is 88.3 Å². The molecule has 5 rings (SSSR count). The van der Waals surface area contributed by atoms with E-state index in [1.165, 1.54) is 5.56 Å². The van der Waals surface area contributed by atoms with Gasteiger partial charge in [0.15, 0.2) is 0 Å². The molecule has 0 saturated carbocycles. The number of hydrogen-bond acceptors (Lipinski definition) is 8. The lowest BCUT2D eigenvalue weighted by molar-refractivity contribution is -0.131. The van der Waals surface area contributed by atoms with E-state index in [2.05, 4.69) is 61.2 Å². The van der Waals surface area contributed by atoms with Gasteiger partial charge in [0.05, 0.1) is 18.2 Å². The molecule has 0 radical (unpaired) electrons. The van der Waals surface area contributed by atoms with E-state index >= 15 is 0 Å². The summed E-state index contributed by atoms with van der Waals surface area (Å²) in [6.07, 6.45) is 6.11. The van der Waals surface area contributed by atoms with Crippen molar-refractivity contribution in [2.24, 2.45) is 5.10 Å². The number of nitrogens with one attached hydrogen (secondary N) is 1. The zero-order chi connectivity index (χ0) is 23.0. The molecule has 1 aromatic carbocycles. The molecule has 178 valence electrons. The number of piperidine rings is 1. The van der Waals surface area contributed by atoms with E-state index in [-0.39, 0.29) is 11.6 Å². The summed E-state index contributed by atoms with van der Waals surface area (Å²) in [5.74, 6) is 1.13. The second kappa shape index (κ2) is 9.12. The third-order valence-corrected chi connectivity index (χ3v) is 7.89. The number of hydrogen-bond donors (Lipinski definition) is 2. The van der Waals surface area contributed by atoms with E-state index in [0.717, 1.165) is 62.9 Å². The van der Waals surface area contributed by atoms with Crippen LogP contribution in [-0.2, 0) is 11.2 Å². The Bertz CT molecular complexity index is 973. The number of ether oxygens (including phenoxy) is 1. The minimum atomic E-state index is -0.110. The number of nitrogen functional groups attached to an aromatic ring is 1. The van der Waals surface area contributed by atoms with Crippen molar-refractivity contribution in [2.75, 3.05) is 43.9 Å². The third-order valence-electron chi connectivity index (χ3n) is 7.64. The first-order valence-corrected chi connectivity index (χ1v) is 12.1. The monoisotopic (exact) mass is 472 g/mol. The van der Waals surface area contributed by atoms with Crippen LogP contribution in [0.5, 0.6) is 0 Å². The molecule has 3 aliphatic heterocycles. The molecule has 1 aromatic heterocycles. The SMILES string of the molecule is CN1N=CCC1(C)[C@H]1CN(C2CCN(c3nnc(N)[nH]3)CC2)[C@@H](Cc2ccc(Cl)cc2)CO1. The highest BCUT2D eigenvalue weighted by Crippen LogP contribution is 2.34. The number of benzene rings is 1. The van der Waals surface area contributed by atoms with E-state index in [1.54, 1.807) is 0 Å². The second-order valence-electron chi connectivity index (χ2n) is 9.64. The maximum Gasteiger partial charge on any atom is 0.226 e. The van der Waals surface area contributed by atoms with E-state index in [0.29, 0.717) is 18.0 Å². The van der Waals surface area contributed by atoms with Gasteiger partial charge in [-0.15, -0.1) is 10.2 Å². The first-order chi connectivity index (χ1) is 15.9. The molecule has 1 unspecified atom stereocenters. The lowest BCUT2D eigenvalue weighted by atomic mass is 9.87. The second-order valence-corrected chi connectivity index (χ2v) is 10.1. The molecular formula is C23H33ClN8O. The maximum absolute atomic E-state index is 6.52. The molecule has 0 bridgehead atoms. The van der Waals surface area contributed by atoms with Crippen LogP contribution in [0, 0.1) is 0 Å². The Hall–Kier alpha value is -2.36. The molecular weight excluding hydrogens is 440 g/mol. The largest absolute Gasteiger partial charge is 0.373 e. The number of hydrazone groups is 1. The number of aromatic amines is 1. The van der Waals surface area contributed by atoms with Crippen LogP contribution in [0.25, 0.3) is 0 Å². The zero-order valence-electron chi connectivity index (χ0n) is 19.3. The first kappa shape index (κ1) is 22.4. The van der Waals surface area contributed by atoms with Crippen molar-refractivity contribution in [2.45, 2.75) is 56.3 Å². The molecule has 3 N–H and O–H groups in total. The fraction of sp³-hybridized carbons (Fsp3) is 0.609. The van der Waals surface area contributed by atoms with E-state index in [4.69, 9.17) is 22.1 Å². The Morgan fingerprint density at radius 3 is 2.61 bits per heavy atom. The summed E-state index contributed by atoms with van der Waals surface area (Å²) < 4.78 is 6.52. The van der Waals surface area contributed by atoms with Crippen molar-refractivity contribution < 1.29 is 4.74 Å². The maximum atomic E-state index is 6.52. The van der Waals surface area contributed by atoms with Crippen molar-refractivity contribution in [3.05, 3.63) is 34.9 Å². The van der Waals surface area contributed by atoms with Crippen molar-refractivity contribution in [1.29, 1.82) is 0 Å². The van der Waals surface area contributed by atoms with Crippen LogP contribution in [0.3, 0.4) is 0 Å². The fourth-order valence-corrected chi connectivity index (χ4v) is 5.50. The van der Waals surface area contributed by atoms with Gasteiger partial charge in [-0.05, 0) is 43.9 Å². The highest BCUT2D eigenvalue weighted by molar-refractivity contribution is 6.30. The van der Waals surface area contributed by atoms with Gasteiger partial charge in [0.2, 0.25) is 11.9 Å². The average molecular weight is 473 g/mol. The molecule has 33 heavy (non-hydrogen) atoms. The summed E-state index contributed by atoms with van der Waals surface area (Å²) in [4.78, 5) is 8.00. The average Bonchev–Trinajstić information content (AvgIpc) is 3.41. The Balaban J connectivity index is 1.31. The number of H-pyrrole nitrogens is 1. The van der Waals surface area contributed by atoms with Gasteiger partial charge in [0.25, 0.3) is 0 Å². The number of nitrogens with two attached hydrogens (primary N) is 1. The molecule has 4 heterocycles. The van der Waals surface area contributed by atoms with Crippen molar-refractivity contribution in [1.82, 2.24) is 25.1 Å². The molecule has 2 saturated heterocycles. The number of rotatable bonds is 5. The number of nitrogens with zero attached hydrogens (tertiary/aromatic N) is 6. The predicted molar refractivity (Wildman–Crippen MR) is 131 cm³/mol. The van der Waals surface area contributed by atoms with Crippen molar-refractivity contribution >= 4 is 29.7 Å². The molecule has 0 spiro atoms. The third kappa shape index (κ3) is 4.54. The summed E-state index contributed by atoms with van der Waals surface area (Å²) in [6, 6.07) is 9.02. The molecule has 2 aromatic rings. The van der Waals surface area contributed by atoms with Crippen molar-refractivity contribution in [3.63, 3.8) is 0 Å². The molecule has 2 fully saturated rings. The molecule has 0 amide bonds. The highest BCUT2D eigenvalue weighted by Gasteiger charge is 2.46. The van der Waals surface area contributed by atoms with Crippen LogP contribution >= 0.6 is 11.6 Å². The van der Waals surface area contributed by atoms with Gasteiger partial charge in [0.1, 0.15) is 0 Å². The summed E-state index contributed by atoms with van der Waals surface area (Å²) in [7, 11) is 2.05. The lowest BCUT2D eigenvalue weighted by Gasteiger charge is -2.50. The first-order valence-electron chi connectivity index (χ1n) is 11.7. The van der Waals surface area contributed by atoms with Crippen LogP contribution in [0.4, 0.5) is 11.9 Å². The lowest BCUT2D eigenvalue weighted by Crippen LogP contribution is -2.63. The standard InChI is InChI=1S/C23H33ClN8O/c1-23(9-10-26-30(23)2)20-14-32(19(15-33-20)13-16-3-5-17(24)6-4-16)18-7-11-31(12-8-18)22-27-21(25)28-29-22/h3-6,10,18-20H,7-9,11-15H2,1-2H3,(H3,25,27,28,29)/t19-,20+,23?/m0/s1.